The van der Waals surface area contributed by atoms with Crippen LogP contribution < -0.4 is 0 Å². The Hall–Kier alpha value is -1.12. The van der Waals surface area contributed by atoms with Crippen molar-refractivity contribution in [3.05, 3.63) is 33.4 Å². The Kier molecular flexibility index (Phi) is 2.63. The molecule has 15 heavy (non-hydrogen) atoms. The number of aromatic nitrogens is 2. The standard InChI is InChI=1S/C8H2F3IN2O/c9-4-1-3(2-5(10)6(4)11)7-13-8(12)14-15-7/h1-2H. The largest absolute Gasteiger partial charge is 0.333 e. The van der Waals surface area contributed by atoms with Gasteiger partial charge in [-0.15, -0.1) is 0 Å². The van der Waals surface area contributed by atoms with Gasteiger partial charge in [-0.2, -0.15) is 4.98 Å². The van der Waals surface area contributed by atoms with E-state index in [1.54, 1.807) is 22.6 Å². The third kappa shape index (κ3) is 1.96. The van der Waals surface area contributed by atoms with E-state index in [-0.39, 0.29) is 11.5 Å². The van der Waals surface area contributed by atoms with Crippen molar-refractivity contribution in [3.63, 3.8) is 0 Å². The maximum Gasteiger partial charge on any atom is 0.258 e. The van der Waals surface area contributed by atoms with Gasteiger partial charge in [0, 0.05) is 28.2 Å². The topological polar surface area (TPSA) is 38.9 Å². The van der Waals surface area contributed by atoms with Crippen LogP contribution >= 0.6 is 22.6 Å². The lowest BCUT2D eigenvalue weighted by Crippen LogP contribution is -1.91. The zero-order chi connectivity index (χ0) is 11.0. The summed E-state index contributed by atoms with van der Waals surface area (Å²) in [5.74, 6) is -4.17. The summed E-state index contributed by atoms with van der Waals surface area (Å²) in [5.41, 5.74) is 0.00168. The SMILES string of the molecule is Fc1cc(-c2nc(I)no2)cc(F)c1F. The molecule has 1 heterocycles. The van der Waals surface area contributed by atoms with Gasteiger partial charge < -0.3 is 4.52 Å². The third-order valence-electron chi connectivity index (χ3n) is 1.63. The molecule has 7 heteroatoms. The van der Waals surface area contributed by atoms with Crippen LogP contribution in [0.15, 0.2) is 16.7 Å². The first-order chi connectivity index (χ1) is 7.08. The van der Waals surface area contributed by atoms with Crippen molar-refractivity contribution in [3.8, 4) is 11.5 Å². The predicted molar refractivity (Wildman–Crippen MR) is 52.3 cm³/mol. The molecule has 0 saturated heterocycles. The van der Waals surface area contributed by atoms with Gasteiger partial charge in [0.15, 0.2) is 17.5 Å². The van der Waals surface area contributed by atoms with Gasteiger partial charge >= 0.3 is 0 Å². The van der Waals surface area contributed by atoms with Gasteiger partial charge in [0.05, 0.1) is 0 Å². The minimum atomic E-state index is -1.52. The molecule has 0 saturated carbocycles. The highest BCUT2D eigenvalue weighted by atomic mass is 127. The molecule has 0 atom stereocenters. The van der Waals surface area contributed by atoms with E-state index >= 15 is 0 Å². The molecule has 1 aromatic carbocycles. The molecule has 1 aromatic heterocycles. The number of nitrogens with zero attached hydrogens (tertiary/aromatic N) is 2. The van der Waals surface area contributed by atoms with Gasteiger partial charge in [0.1, 0.15) is 0 Å². The number of hydrogen-bond donors (Lipinski definition) is 0. The molecule has 0 fully saturated rings. The first kappa shape index (κ1) is 10.4. The summed E-state index contributed by atoms with van der Waals surface area (Å²) in [6, 6.07) is 1.59. The molecule has 2 aromatic rings. The Balaban J connectivity index is 2.55. The zero-order valence-corrected chi connectivity index (χ0v) is 9.13. The Morgan fingerprint density at radius 2 is 1.73 bits per heavy atom. The maximum atomic E-state index is 12.8. The van der Waals surface area contributed by atoms with E-state index in [1.165, 1.54) is 0 Å². The van der Waals surface area contributed by atoms with Gasteiger partial charge in [0.25, 0.3) is 5.89 Å². The van der Waals surface area contributed by atoms with E-state index < -0.39 is 17.5 Å². The fourth-order valence-corrected chi connectivity index (χ4v) is 1.32. The van der Waals surface area contributed by atoms with Crippen LogP contribution in [0.1, 0.15) is 0 Å². The van der Waals surface area contributed by atoms with Crippen LogP contribution in [0.3, 0.4) is 0 Å². The molecule has 0 unspecified atom stereocenters. The van der Waals surface area contributed by atoms with Crippen LogP contribution in [0.4, 0.5) is 13.2 Å². The third-order valence-corrected chi connectivity index (χ3v) is 2.07. The number of hydrogen-bond acceptors (Lipinski definition) is 3. The van der Waals surface area contributed by atoms with Crippen LogP contribution in [-0.2, 0) is 0 Å². The second kappa shape index (κ2) is 3.80. The van der Waals surface area contributed by atoms with E-state index in [2.05, 4.69) is 14.7 Å². The Morgan fingerprint density at radius 3 is 2.20 bits per heavy atom. The van der Waals surface area contributed by atoms with Crippen molar-refractivity contribution in [2.24, 2.45) is 0 Å². The summed E-state index contributed by atoms with van der Waals surface area (Å²) in [6.45, 7) is 0. The van der Waals surface area contributed by atoms with Crippen LogP contribution in [0.5, 0.6) is 0 Å². The van der Waals surface area contributed by atoms with Crippen molar-refractivity contribution >= 4 is 22.6 Å². The monoisotopic (exact) mass is 326 g/mol. The molecule has 2 rings (SSSR count). The van der Waals surface area contributed by atoms with Gasteiger partial charge in [-0.25, -0.2) is 13.2 Å². The second-order valence-electron chi connectivity index (χ2n) is 2.62. The Bertz CT molecular complexity index is 491. The van der Waals surface area contributed by atoms with Crippen molar-refractivity contribution in [2.45, 2.75) is 0 Å². The predicted octanol–water partition coefficient (Wildman–Crippen LogP) is 2.76. The fraction of sp³-hybridized carbons (Fsp3) is 0. The summed E-state index contributed by atoms with van der Waals surface area (Å²) < 4.78 is 43.2. The van der Waals surface area contributed by atoms with Gasteiger partial charge in [-0.3, -0.25) is 0 Å². The lowest BCUT2D eigenvalue weighted by atomic mass is 10.2. The quantitative estimate of drug-likeness (QED) is 0.598. The molecule has 3 nitrogen and oxygen atoms in total. The van der Waals surface area contributed by atoms with E-state index in [9.17, 15) is 13.2 Å². The molecule has 0 spiro atoms. The van der Waals surface area contributed by atoms with Crippen LogP contribution in [0.25, 0.3) is 11.5 Å². The summed E-state index contributed by atoms with van der Waals surface area (Å²) in [7, 11) is 0. The average Bonchev–Trinajstić information content (AvgIpc) is 2.60. The van der Waals surface area contributed by atoms with Crippen molar-refractivity contribution in [1.29, 1.82) is 0 Å². The molecular weight excluding hydrogens is 324 g/mol. The molecule has 0 N–H and O–H groups in total. The lowest BCUT2D eigenvalue weighted by molar-refractivity contribution is 0.422. The molecule has 0 amide bonds. The van der Waals surface area contributed by atoms with E-state index in [4.69, 9.17) is 0 Å². The van der Waals surface area contributed by atoms with Crippen LogP contribution in [0, 0.1) is 21.3 Å². The summed E-state index contributed by atoms with van der Waals surface area (Å²) in [6.07, 6.45) is 0. The Labute approximate surface area is 95.4 Å². The smallest absolute Gasteiger partial charge is 0.258 e. The highest BCUT2D eigenvalue weighted by Gasteiger charge is 2.15. The summed E-state index contributed by atoms with van der Waals surface area (Å²) in [4.78, 5) is 3.75. The van der Waals surface area contributed by atoms with Crippen LogP contribution in [-0.4, -0.2) is 10.1 Å². The molecule has 0 bridgehead atoms. The maximum absolute atomic E-state index is 12.8. The van der Waals surface area contributed by atoms with E-state index in [0.29, 0.717) is 3.83 Å². The van der Waals surface area contributed by atoms with Crippen LogP contribution in [0.2, 0.25) is 0 Å². The molecule has 0 aliphatic rings. The highest BCUT2D eigenvalue weighted by molar-refractivity contribution is 14.1. The van der Waals surface area contributed by atoms with Gasteiger partial charge in [0.2, 0.25) is 3.83 Å². The molecule has 0 aliphatic heterocycles. The van der Waals surface area contributed by atoms with Gasteiger partial charge in [-0.05, 0) is 12.1 Å². The summed E-state index contributed by atoms with van der Waals surface area (Å²) >= 11 is 1.77. The second-order valence-corrected chi connectivity index (χ2v) is 3.59. The van der Waals surface area contributed by atoms with Crippen molar-refractivity contribution < 1.29 is 17.7 Å². The zero-order valence-electron chi connectivity index (χ0n) is 6.97. The minimum Gasteiger partial charge on any atom is -0.333 e. The molecule has 0 aliphatic carbocycles. The first-order valence-corrected chi connectivity index (χ1v) is 4.80. The van der Waals surface area contributed by atoms with E-state index in [1.807, 2.05) is 0 Å². The number of rotatable bonds is 1. The number of halogens is 4. The fourth-order valence-electron chi connectivity index (χ4n) is 1.00. The molecule has 78 valence electrons. The highest BCUT2D eigenvalue weighted by Crippen LogP contribution is 2.22. The lowest BCUT2D eigenvalue weighted by Gasteiger charge is -1.97. The van der Waals surface area contributed by atoms with Crippen molar-refractivity contribution in [2.75, 3.05) is 0 Å². The van der Waals surface area contributed by atoms with Gasteiger partial charge in [-0.1, -0.05) is 5.16 Å². The molecule has 0 radical (unpaired) electrons. The first-order valence-electron chi connectivity index (χ1n) is 3.72. The number of benzene rings is 1. The van der Waals surface area contributed by atoms with Crippen molar-refractivity contribution in [1.82, 2.24) is 10.1 Å². The Morgan fingerprint density at radius 1 is 1.13 bits per heavy atom. The minimum absolute atomic E-state index is 0.00168. The average molecular weight is 326 g/mol. The summed E-state index contributed by atoms with van der Waals surface area (Å²) in [5, 5.41) is 3.44. The molecular formula is C8H2F3IN2O. The van der Waals surface area contributed by atoms with E-state index in [0.717, 1.165) is 12.1 Å². The normalized spacial score (nSPS) is 10.7.